The Labute approximate surface area is 176 Å². The van der Waals surface area contributed by atoms with Crippen molar-refractivity contribution in [2.75, 3.05) is 13.2 Å². The summed E-state index contributed by atoms with van der Waals surface area (Å²) in [5.74, 6) is -1.02. The number of nitrogens with one attached hydrogen (secondary N) is 1. The zero-order chi connectivity index (χ0) is 21.4. The van der Waals surface area contributed by atoms with E-state index in [1.165, 1.54) is 12.1 Å². The predicted molar refractivity (Wildman–Crippen MR) is 106 cm³/mol. The molecule has 0 radical (unpaired) electrons. The average molecular weight is 421 g/mol. The summed E-state index contributed by atoms with van der Waals surface area (Å²) in [4.78, 5) is 24.2. The van der Waals surface area contributed by atoms with Gasteiger partial charge in [0.25, 0.3) is 5.91 Å². The van der Waals surface area contributed by atoms with Crippen molar-refractivity contribution in [3.05, 3.63) is 65.7 Å². The number of fused-ring (bicyclic) bond motifs is 1. The number of hydrogen-bond acceptors (Lipinski definition) is 7. The minimum atomic E-state index is -1.16. The highest BCUT2D eigenvalue weighted by Crippen LogP contribution is 2.35. The summed E-state index contributed by atoms with van der Waals surface area (Å²) in [5, 5.41) is 24.3. The molecule has 3 heterocycles. The van der Waals surface area contributed by atoms with Crippen LogP contribution in [0.2, 0.25) is 0 Å². The molecule has 0 aliphatic carbocycles. The van der Waals surface area contributed by atoms with Crippen LogP contribution in [0.5, 0.6) is 0 Å². The zero-order valence-electron chi connectivity index (χ0n) is 16.3. The number of carbonyl (C=O) groups excluding carboxylic acids is 1. The van der Waals surface area contributed by atoms with Crippen molar-refractivity contribution in [1.29, 1.82) is 0 Å². The minimum Gasteiger partial charge on any atom is -0.478 e. The smallest absolute Gasteiger partial charge is 0.336 e. The summed E-state index contributed by atoms with van der Waals surface area (Å²) in [5.41, 5.74) is 0.922. The highest BCUT2D eigenvalue weighted by atomic mass is 16.6. The fourth-order valence-corrected chi connectivity index (χ4v) is 4.12. The topological polar surface area (TPSA) is 128 Å². The molecule has 2 N–H and O–H groups in total. The standard InChI is InChI=1S/C21H19N5O5/c27-20(13-8-4-5-9-14(13)21(28)29)22-15-10-30-18-16(11-31-17(15)18)26-19(23-24-25-26)12-6-2-1-3-7-12/h1-9,15-18H,10-11H2,(H,22,27)(H,28,29). The molecule has 4 unspecified atom stereocenters. The number of carboxylic acids is 1. The number of rotatable bonds is 5. The molecule has 0 bridgehead atoms. The fraction of sp³-hybridized carbons (Fsp3) is 0.286. The molecule has 2 aromatic carbocycles. The first-order valence-electron chi connectivity index (χ1n) is 9.83. The first-order valence-corrected chi connectivity index (χ1v) is 9.83. The first-order chi connectivity index (χ1) is 15.1. The largest absolute Gasteiger partial charge is 0.478 e. The SMILES string of the molecule is O=C(O)c1ccccc1C(=O)NC1COC2C1OCC2n1nnnc1-c1ccccc1. The maximum atomic E-state index is 12.7. The number of benzene rings is 2. The molecular formula is C21H19N5O5. The molecule has 0 spiro atoms. The lowest BCUT2D eigenvalue weighted by molar-refractivity contribution is 0.0613. The van der Waals surface area contributed by atoms with Crippen LogP contribution in [-0.4, -0.2) is 68.7 Å². The Hall–Kier alpha value is -3.63. The van der Waals surface area contributed by atoms with Crippen LogP contribution in [0.25, 0.3) is 11.4 Å². The lowest BCUT2D eigenvalue weighted by Gasteiger charge is -2.18. The number of ether oxygens (including phenoxy) is 2. The molecule has 4 atom stereocenters. The summed E-state index contributed by atoms with van der Waals surface area (Å²) in [7, 11) is 0. The Balaban J connectivity index is 1.33. The molecule has 10 nitrogen and oxygen atoms in total. The van der Waals surface area contributed by atoms with Crippen LogP contribution in [0.4, 0.5) is 0 Å². The number of nitrogens with zero attached hydrogens (tertiary/aromatic N) is 4. The van der Waals surface area contributed by atoms with E-state index in [1.54, 1.807) is 16.8 Å². The second-order valence-electron chi connectivity index (χ2n) is 7.41. The molecule has 3 aromatic rings. The summed E-state index contributed by atoms with van der Waals surface area (Å²) in [6.45, 7) is 0.577. The van der Waals surface area contributed by atoms with Gasteiger partial charge in [0.2, 0.25) is 0 Å². The normalized spacial score (nSPS) is 24.6. The predicted octanol–water partition coefficient (Wildman–Crippen LogP) is 1.18. The molecule has 2 fully saturated rings. The van der Waals surface area contributed by atoms with Gasteiger partial charge in [-0.1, -0.05) is 42.5 Å². The van der Waals surface area contributed by atoms with Crippen LogP contribution >= 0.6 is 0 Å². The maximum Gasteiger partial charge on any atom is 0.336 e. The number of tetrazole rings is 1. The highest BCUT2D eigenvalue weighted by Gasteiger charge is 2.50. The number of hydrogen-bond donors (Lipinski definition) is 2. The number of aromatic carboxylic acids is 1. The number of amides is 1. The monoisotopic (exact) mass is 421 g/mol. The maximum absolute atomic E-state index is 12.7. The van der Waals surface area contributed by atoms with Crippen molar-refractivity contribution in [2.45, 2.75) is 24.3 Å². The summed E-state index contributed by atoms with van der Waals surface area (Å²) < 4.78 is 13.6. The summed E-state index contributed by atoms with van der Waals surface area (Å²) >= 11 is 0. The second kappa shape index (κ2) is 7.89. The van der Waals surface area contributed by atoms with Gasteiger partial charge in [-0.15, -0.1) is 5.10 Å². The lowest BCUT2D eigenvalue weighted by atomic mass is 10.0. The second-order valence-corrected chi connectivity index (χ2v) is 7.41. The van der Waals surface area contributed by atoms with E-state index in [2.05, 4.69) is 20.8 Å². The quantitative estimate of drug-likeness (QED) is 0.628. The lowest BCUT2D eigenvalue weighted by Crippen LogP contribution is -2.44. The third-order valence-electron chi connectivity index (χ3n) is 5.58. The van der Waals surface area contributed by atoms with E-state index in [0.717, 1.165) is 5.56 Å². The molecular weight excluding hydrogens is 402 g/mol. The number of carboxylic acid groups (broad SMARTS) is 1. The minimum absolute atomic E-state index is 0.0538. The molecule has 2 aliphatic rings. The number of aromatic nitrogens is 4. The van der Waals surface area contributed by atoms with Crippen molar-refractivity contribution < 1.29 is 24.2 Å². The van der Waals surface area contributed by atoms with Crippen LogP contribution in [0.3, 0.4) is 0 Å². The Morgan fingerprint density at radius 3 is 2.45 bits per heavy atom. The van der Waals surface area contributed by atoms with E-state index in [4.69, 9.17) is 9.47 Å². The number of carbonyl (C=O) groups is 2. The van der Waals surface area contributed by atoms with Crippen LogP contribution in [-0.2, 0) is 9.47 Å². The third-order valence-corrected chi connectivity index (χ3v) is 5.58. The molecule has 5 rings (SSSR count). The van der Waals surface area contributed by atoms with Crippen molar-refractivity contribution in [3.8, 4) is 11.4 Å². The van der Waals surface area contributed by atoms with Gasteiger partial charge in [0.1, 0.15) is 18.2 Å². The fourth-order valence-electron chi connectivity index (χ4n) is 4.12. The molecule has 1 amide bonds. The Kier molecular flexibility index (Phi) is 4.92. The zero-order valence-corrected chi connectivity index (χ0v) is 16.3. The van der Waals surface area contributed by atoms with Gasteiger partial charge in [0.15, 0.2) is 5.82 Å². The van der Waals surface area contributed by atoms with Crippen molar-refractivity contribution in [1.82, 2.24) is 25.5 Å². The van der Waals surface area contributed by atoms with Crippen LogP contribution < -0.4 is 5.32 Å². The van der Waals surface area contributed by atoms with Gasteiger partial charge >= 0.3 is 5.97 Å². The highest BCUT2D eigenvalue weighted by molar-refractivity contribution is 6.04. The van der Waals surface area contributed by atoms with E-state index in [1.807, 2.05) is 30.3 Å². The van der Waals surface area contributed by atoms with Crippen LogP contribution in [0.1, 0.15) is 26.8 Å². The Bertz CT molecular complexity index is 1120. The van der Waals surface area contributed by atoms with Crippen molar-refractivity contribution in [3.63, 3.8) is 0 Å². The first kappa shape index (κ1) is 19.3. The molecule has 2 saturated heterocycles. The van der Waals surface area contributed by atoms with E-state index in [0.29, 0.717) is 12.4 Å². The third kappa shape index (κ3) is 3.45. The molecule has 10 heteroatoms. The van der Waals surface area contributed by atoms with E-state index in [-0.39, 0.29) is 29.9 Å². The summed E-state index contributed by atoms with van der Waals surface area (Å²) in [6, 6.07) is 15.0. The van der Waals surface area contributed by atoms with Gasteiger partial charge in [0, 0.05) is 5.56 Å². The molecule has 158 valence electrons. The van der Waals surface area contributed by atoms with Crippen LogP contribution in [0, 0.1) is 0 Å². The molecule has 31 heavy (non-hydrogen) atoms. The van der Waals surface area contributed by atoms with Gasteiger partial charge in [-0.3, -0.25) is 4.79 Å². The van der Waals surface area contributed by atoms with Gasteiger partial charge in [0.05, 0.1) is 30.4 Å². The van der Waals surface area contributed by atoms with Gasteiger partial charge in [-0.2, -0.15) is 0 Å². The van der Waals surface area contributed by atoms with E-state index >= 15 is 0 Å². The molecule has 2 aliphatic heterocycles. The molecule has 1 aromatic heterocycles. The molecule has 0 saturated carbocycles. The van der Waals surface area contributed by atoms with Crippen molar-refractivity contribution in [2.24, 2.45) is 0 Å². The van der Waals surface area contributed by atoms with E-state index in [9.17, 15) is 14.7 Å². The van der Waals surface area contributed by atoms with Crippen LogP contribution in [0.15, 0.2) is 54.6 Å². The average Bonchev–Trinajstić information content (AvgIpc) is 3.51. The van der Waals surface area contributed by atoms with Gasteiger partial charge < -0.3 is 19.9 Å². The van der Waals surface area contributed by atoms with Crippen molar-refractivity contribution >= 4 is 11.9 Å². The summed E-state index contributed by atoms with van der Waals surface area (Å²) in [6.07, 6.45) is -0.732. The van der Waals surface area contributed by atoms with E-state index < -0.39 is 24.0 Å². The Morgan fingerprint density at radius 2 is 1.68 bits per heavy atom. The van der Waals surface area contributed by atoms with Gasteiger partial charge in [-0.05, 0) is 22.6 Å². The Morgan fingerprint density at radius 1 is 0.968 bits per heavy atom. The van der Waals surface area contributed by atoms with Gasteiger partial charge in [-0.25, -0.2) is 9.48 Å².